The van der Waals surface area contributed by atoms with Gasteiger partial charge in [0, 0.05) is 13.7 Å². The number of methoxy groups -OCH3 is 1. The van der Waals surface area contributed by atoms with Gasteiger partial charge < -0.3 is 15.2 Å². The van der Waals surface area contributed by atoms with Crippen LogP contribution in [0.3, 0.4) is 0 Å². The maximum atomic E-state index is 5.51. The molecule has 0 aromatic carbocycles. The third-order valence-corrected chi connectivity index (χ3v) is 2.14. The molecule has 0 aliphatic rings. The molecule has 0 aliphatic heterocycles. The maximum absolute atomic E-state index is 5.51. The van der Waals surface area contributed by atoms with Crippen LogP contribution in [0.5, 0.6) is 0 Å². The third kappa shape index (κ3) is 10.3. The lowest BCUT2D eigenvalue weighted by molar-refractivity contribution is -0.0943. The Balaban J connectivity index is 3.26. The molecule has 0 heterocycles. The summed E-state index contributed by atoms with van der Waals surface area (Å²) >= 11 is 0. The maximum Gasteiger partial charge on any atom is 0.142 e. The summed E-state index contributed by atoms with van der Waals surface area (Å²) in [5, 5.41) is 0. The first-order valence-corrected chi connectivity index (χ1v) is 6.03. The minimum atomic E-state index is -0.249. The first-order valence-electron chi connectivity index (χ1n) is 6.03. The second-order valence-electron chi connectivity index (χ2n) is 3.61. The fourth-order valence-corrected chi connectivity index (χ4v) is 1.18. The van der Waals surface area contributed by atoms with Gasteiger partial charge in [0.15, 0.2) is 0 Å². The number of nitrogens with one attached hydrogen (secondary N) is 1. The molecule has 0 saturated carbocycles. The van der Waals surface area contributed by atoms with E-state index in [9.17, 15) is 0 Å². The zero-order chi connectivity index (χ0) is 12.1. The first-order chi connectivity index (χ1) is 7.85. The van der Waals surface area contributed by atoms with E-state index in [-0.39, 0.29) is 6.23 Å². The Kier molecular flexibility index (Phi) is 12.7. The van der Waals surface area contributed by atoms with Crippen molar-refractivity contribution >= 4 is 0 Å². The topological polar surface area (TPSA) is 65.7 Å². The summed E-state index contributed by atoms with van der Waals surface area (Å²) in [6, 6.07) is 0. The summed E-state index contributed by atoms with van der Waals surface area (Å²) in [6.45, 7) is 4.36. The summed E-state index contributed by atoms with van der Waals surface area (Å²) < 4.78 is 10.2. The van der Waals surface area contributed by atoms with Crippen LogP contribution in [0.25, 0.3) is 0 Å². The standard InChI is InChI=1S/C11H26N2O3/c1-3-4-5-6-7-16-13-11(10-12)15-9-8-14-2/h11,13H,3-10,12H2,1-2H3. The van der Waals surface area contributed by atoms with Gasteiger partial charge in [-0.1, -0.05) is 26.2 Å². The van der Waals surface area contributed by atoms with Gasteiger partial charge >= 0.3 is 0 Å². The van der Waals surface area contributed by atoms with Crippen LogP contribution in [-0.2, 0) is 14.3 Å². The van der Waals surface area contributed by atoms with Crippen LogP contribution in [0.15, 0.2) is 0 Å². The molecule has 5 heteroatoms. The van der Waals surface area contributed by atoms with Crippen molar-refractivity contribution in [3.63, 3.8) is 0 Å². The summed E-state index contributed by atoms with van der Waals surface area (Å²) in [7, 11) is 1.64. The number of nitrogens with two attached hydrogens (primary N) is 1. The molecule has 3 N–H and O–H groups in total. The van der Waals surface area contributed by atoms with Crippen molar-refractivity contribution in [2.24, 2.45) is 5.73 Å². The molecule has 98 valence electrons. The summed E-state index contributed by atoms with van der Waals surface area (Å²) in [5.74, 6) is 0. The van der Waals surface area contributed by atoms with Crippen molar-refractivity contribution in [2.45, 2.75) is 38.8 Å². The first kappa shape index (κ1) is 15.8. The van der Waals surface area contributed by atoms with Crippen LogP contribution < -0.4 is 11.2 Å². The van der Waals surface area contributed by atoms with Gasteiger partial charge in [-0.3, -0.25) is 4.84 Å². The average molecular weight is 234 g/mol. The van der Waals surface area contributed by atoms with Crippen LogP contribution in [0.1, 0.15) is 32.6 Å². The van der Waals surface area contributed by atoms with Gasteiger partial charge in [-0.15, -0.1) is 0 Å². The number of rotatable bonds is 12. The van der Waals surface area contributed by atoms with Crippen LogP contribution in [0.2, 0.25) is 0 Å². The molecule has 0 aromatic heterocycles. The SMILES string of the molecule is CCCCCCONC(CN)OCCOC. The van der Waals surface area contributed by atoms with Crippen LogP contribution in [0.4, 0.5) is 0 Å². The molecule has 0 aromatic rings. The molecular weight excluding hydrogens is 208 g/mol. The summed E-state index contributed by atoms with van der Waals surface area (Å²) in [5.41, 5.74) is 8.31. The van der Waals surface area contributed by atoms with E-state index < -0.39 is 0 Å². The van der Waals surface area contributed by atoms with Gasteiger partial charge in [-0.2, -0.15) is 5.48 Å². The molecule has 0 amide bonds. The lowest BCUT2D eigenvalue weighted by Crippen LogP contribution is -2.39. The highest BCUT2D eigenvalue weighted by Gasteiger charge is 2.05. The zero-order valence-electron chi connectivity index (χ0n) is 10.5. The number of unbranched alkanes of at least 4 members (excludes halogenated alkanes) is 3. The second kappa shape index (κ2) is 12.9. The van der Waals surface area contributed by atoms with Crippen LogP contribution in [-0.4, -0.2) is 39.7 Å². The number of hydrogen-bond donors (Lipinski definition) is 2. The molecule has 1 unspecified atom stereocenters. The van der Waals surface area contributed by atoms with E-state index >= 15 is 0 Å². The molecule has 0 rings (SSSR count). The van der Waals surface area contributed by atoms with Crippen molar-refractivity contribution in [1.29, 1.82) is 0 Å². The molecule has 0 aliphatic carbocycles. The molecule has 0 radical (unpaired) electrons. The Hall–Kier alpha value is -0.200. The van der Waals surface area contributed by atoms with E-state index in [2.05, 4.69) is 12.4 Å². The van der Waals surface area contributed by atoms with E-state index in [4.69, 9.17) is 20.0 Å². The van der Waals surface area contributed by atoms with Gasteiger partial charge in [0.05, 0.1) is 19.8 Å². The summed E-state index contributed by atoms with van der Waals surface area (Å²) in [6.07, 6.45) is 4.51. The Morgan fingerprint density at radius 3 is 2.56 bits per heavy atom. The van der Waals surface area contributed by atoms with Crippen LogP contribution in [0, 0.1) is 0 Å². The second-order valence-corrected chi connectivity index (χ2v) is 3.61. The highest BCUT2D eigenvalue weighted by molar-refractivity contribution is 4.48. The van der Waals surface area contributed by atoms with E-state index in [0.717, 1.165) is 6.42 Å². The minimum absolute atomic E-state index is 0.249. The molecule has 16 heavy (non-hydrogen) atoms. The van der Waals surface area contributed by atoms with Crippen molar-refractivity contribution in [3.05, 3.63) is 0 Å². The van der Waals surface area contributed by atoms with Gasteiger partial charge in [-0.05, 0) is 6.42 Å². The smallest absolute Gasteiger partial charge is 0.142 e. The number of hydrogen-bond acceptors (Lipinski definition) is 5. The Morgan fingerprint density at radius 1 is 1.12 bits per heavy atom. The normalized spacial score (nSPS) is 12.9. The number of hydroxylamine groups is 1. The van der Waals surface area contributed by atoms with Gasteiger partial charge in [0.1, 0.15) is 6.23 Å². The van der Waals surface area contributed by atoms with Crippen molar-refractivity contribution < 1.29 is 14.3 Å². The fourth-order valence-electron chi connectivity index (χ4n) is 1.18. The molecule has 1 atom stereocenters. The Labute approximate surface area is 98.6 Å². The fraction of sp³-hybridized carbons (Fsp3) is 1.00. The molecule has 0 spiro atoms. The van der Waals surface area contributed by atoms with E-state index in [1.807, 2.05) is 0 Å². The third-order valence-electron chi connectivity index (χ3n) is 2.14. The van der Waals surface area contributed by atoms with Crippen molar-refractivity contribution in [1.82, 2.24) is 5.48 Å². The largest absolute Gasteiger partial charge is 0.382 e. The lowest BCUT2D eigenvalue weighted by Gasteiger charge is -2.17. The van der Waals surface area contributed by atoms with E-state index in [0.29, 0.717) is 26.4 Å². The Morgan fingerprint density at radius 2 is 1.94 bits per heavy atom. The van der Waals surface area contributed by atoms with Gasteiger partial charge in [0.2, 0.25) is 0 Å². The molecule has 0 bridgehead atoms. The highest BCUT2D eigenvalue weighted by atomic mass is 16.7. The Bertz CT molecular complexity index is 136. The molecule has 5 nitrogen and oxygen atoms in total. The summed E-state index contributed by atoms with van der Waals surface area (Å²) in [4.78, 5) is 5.27. The van der Waals surface area contributed by atoms with Crippen LogP contribution >= 0.6 is 0 Å². The number of ether oxygens (including phenoxy) is 2. The van der Waals surface area contributed by atoms with Gasteiger partial charge in [0.25, 0.3) is 0 Å². The lowest BCUT2D eigenvalue weighted by atomic mass is 10.2. The van der Waals surface area contributed by atoms with Crippen molar-refractivity contribution in [3.8, 4) is 0 Å². The van der Waals surface area contributed by atoms with E-state index in [1.54, 1.807) is 7.11 Å². The molecule has 0 saturated heterocycles. The predicted molar refractivity (Wildman–Crippen MR) is 63.9 cm³/mol. The monoisotopic (exact) mass is 234 g/mol. The quantitative estimate of drug-likeness (QED) is 0.300. The average Bonchev–Trinajstić information content (AvgIpc) is 2.31. The minimum Gasteiger partial charge on any atom is -0.382 e. The highest BCUT2D eigenvalue weighted by Crippen LogP contribution is 1.98. The zero-order valence-corrected chi connectivity index (χ0v) is 10.5. The predicted octanol–water partition coefficient (Wildman–Crippen LogP) is 1.04. The molecule has 0 fully saturated rings. The van der Waals surface area contributed by atoms with Gasteiger partial charge in [-0.25, -0.2) is 0 Å². The van der Waals surface area contributed by atoms with E-state index in [1.165, 1.54) is 19.3 Å². The molecular formula is C11H26N2O3. The van der Waals surface area contributed by atoms with Crippen molar-refractivity contribution in [2.75, 3.05) is 33.5 Å².